The first-order chi connectivity index (χ1) is 9.43. The van der Waals surface area contributed by atoms with Gasteiger partial charge in [-0.15, -0.1) is 0 Å². The molecule has 0 aliphatic carbocycles. The molecule has 1 amide bonds. The second-order valence-corrected chi connectivity index (χ2v) is 5.71. The predicted octanol–water partition coefficient (Wildman–Crippen LogP) is 2.40. The molecule has 112 valence electrons. The molecule has 0 aliphatic rings. The maximum Gasteiger partial charge on any atom is 0.236 e. The minimum absolute atomic E-state index is 0.202. The zero-order chi connectivity index (χ0) is 15.1. The first-order valence-corrected chi connectivity index (χ1v) is 7.34. The van der Waals surface area contributed by atoms with Crippen LogP contribution in [0.2, 0.25) is 5.02 Å². The Balaban J connectivity index is 2.90. The molecule has 0 spiro atoms. The van der Waals surface area contributed by atoms with E-state index >= 15 is 0 Å². The fraction of sp³-hybridized carbons (Fsp3) is 0.533. The van der Waals surface area contributed by atoms with Crippen LogP contribution < -0.4 is 16.0 Å². The van der Waals surface area contributed by atoms with Crippen LogP contribution in [0, 0.1) is 5.92 Å². The summed E-state index contributed by atoms with van der Waals surface area (Å²) in [7, 11) is 0. The molecule has 0 saturated heterocycles. The minimum Gasteiger partial charge on any atom is -0.368 e. The molecule has 0 bridgehead atoms. The van der Waals surface area contributed by atoms with Gasteiger partial charge in [0.2, 0.25) is 5.91 Å². The molecule has 3 N–H and O–H groups in total. The van der Waals surface area contributed by atoms with Crippen molar-refractivity contribution in [3.8, 4) is 0 Å². The maximum absolute atomic E-state index is 11.2. The van der Waals surface area contributed by atoms with Crippen LogP contribution >= 0.6 is 11.6 Å². The van der Waals surface area contributed by atoms with Crippen molar-refractivity contribution >= 4 is 23.2 Å². The van der Waals surface area contributed by atoms with E-state index in [1.54, 1.807) is 0 Å². The SMILES string of the molecule is CCN(CC(N)=O)c1cc(Cl)ccc1CNCC(C)C. The van der Waals surface area contributed by atoms with Gasteiger partial charge in [-0.1, -0.05) is 31.5 Å². The normalized spacial score (nSPS) is 10.8. The van der Waals surface area contributed by atoms with E-state index in [1.807, 2.05) is 30.0 Å². The largest absolute Gasteiger partial charge is 0.368 e. The lowest BCUT2D eigenvalue weighted by Gasteiger charge is -2.25. The number of nitrogens with zero attached hydrogens (tertiary/aromatic N) is 1. The quantitative estimate of drug-likeness (QED) is 0.774. The van der Waals surface area contributed by atoms with E-state index in [1.165, 1.54) is 0 Å². The third-order valence-corrected chi connectivity index (χ3v) is 3.22. The fourth-order valence-corrected chi connectivity index (χ4v) is 2.20. The molecule has 1 aromatic carbocycles. The van der Waals surface area contributed by atoms with Crippen LogP contribution in [0.1, 0.15) is 26.3 Å². The van der Waals surface area contributed by atoms with Gasteiger partial charge in [-0.3, -0.25) is 4.79 Å². The van der Waals surface area contributed by atoms with Gasteiger partial charge in [0, 0.05) is 23.8 Å². The van der Waals surface area contributed by atoms with E-state index in [2.05, 4.69) is 19.2 Å². The van der Waals surface area contributed by atoms with E-state index in [-0.39, 0.29) is 12.5 Å². The zero-order valence-corrected chi connectivity index (χ0v) is 13.2. The summed E-state index contributed by atoms with van der Waals surface area (Å²) in [6.45, 7) is 8.94. The number of nitrogens with one attached hydrogen (secondary N) is 1. The Kier molecular flexibility index (Phi) is 6.82. The van der Waals surface area contributed by atoms with E-state index < -0.39 is 0 Å². The van der Waals surface area contributed by atoms with Crippen molar-refractivity contribution in [1.82, 2.24) is 5.32 Å². The summed E-state index contributed by atoms with van der Waals surface area (Å²) in [6.07, 6.45) is 0. The molecule has 1 aromatic rings. The highest BCUT2D eigenvalue weighted by atomic mass is 35.5. The monoisotopic (exact) mass is 297 g/mol. The molecule has 0 unspecified atom stereocenters. The number of primary amides is 1. The molecule has 0 atom stereocenters. The number of likely N-dealkylation sites (N-methyl/N-ethyl adjacent to an activating group) is 1. The summed E-state index contributed by atoms with van der Waals surface area (Å²) in [5.74, 6) is 0.256. The molecule has 0 saturated carbocycles. The van der Waals surface area contributed by atoms with Gasteiger partial charge in [0.1, 0.15) is 0 Å². The van der Waals surface area contributed by atoms with Crippen molar-refractivity contribution in [2.24, 2.45) is 11.7 Å². The number of anilines is 1. The average Bonchev–Trinajstić information content (AvgIpc) is 2.37. The number of carbonyl (C=O) groups is 1. The van der Waals surface area contributed by atoms with E-state index in [0.29, 0.717) is 17.5 Å². The van der Waals surface area contributed by atoms with Gasteiger partial charge in [-0.2, -0.15) is 0 Å². The zero-order valence-electron chi connectivity index (χ0n) is 12.4. The summed E-state index contributed by atoms with van der Waals surface area (Å²) in [6, 6.07) is 5.75. The average molecular weight is 298 g/mol. The Morgan fingerprint density at radius 3 is 2.70 bits per heavy atom. The summed E-state index contributed by atoms with van der Waals surface area (Å²) in [5, 5.41) is 4.07. The molecule has 20 heavy (non-hydrogen) atoms. The summed E-state index contributed by atoms with van der Waals surface area (Å²) in [4.78, 5) is 13.1. The third kappa shape index (κ3) is 5.39. The van der Waals surface area contributed by atoms with E-state index in [4.69, 9.17) is 17.3 Å². The maximum atomic E-state index is 11.2. The lowest BCUT2D eigenvalue weighted by atomic mass is 10.1. The number of carbonyl (C=O) groups excluding carboxylic acids is 1. The lowest BCUT2D eigenvalue weighted by Crippen LogP contribution is -2.34. The summed E-state index contributed by atoms with van der Waals surface area (Å²) in [5.41, 5.74) is 7.40. The van der Waals surface area contributed by atoms with Crippen molar-refractivity contribution in [3.05, 3.63) is 28.8 Å². The molecule has 1 rings (SSSR count). The first kappa shape index (κ1) is 16.8. The Labute approximate surface area is 126 Å². The molecular weight excluding hydrogens is 274 g/mol. The molecule has 0 radical (unpaired) electrons. The van der Waals surface area contributed by atoms with Crippen molar-refractivity contribution in [2.45, 2.75) is 27.3 Å². The van der Waals surface area contributed by atoms with Gasteiger partial charge >= 0.3 is 0 Å². The number of halogens is 1. The Hall–Kier alpha value is -1.26. The van der Waals surface area contributed by atoms with Crippen LogP contribution in [0.25, 0.3) is 0 Å². The topological polar surface area (TPSA) is 58.4 Å². The van der Waals surface area contributed by atoms with Crippen molar-refractivity contribution in [2.75, 3.05) is 24.5 Å². The molecule has 0 aromatic heterocycles. The highest BCUT2D eigenvalue weighted by Gasteiger charge is 2.12. The van der Waals surface area contributed by atoms with Gasteiger partial charge in [0.05, 0.1) is 6.54 Å². The third-order valence-electron chi connectivity index (χ3n) is 2.98. The van der Waals surface area contributed by atoms with Crippen LogP contribution in [0.5, 0.6) is 0 Å². The number of amides is 1. The van der Waals surface area contributed by atoms with Crippen molar-refractivity contribution in [1.29, 1.82) is 0 Å². The summed E-state index contributed by atoms with van der Waals surface area (Å²) < 4.78 is 0. The van der Waals surface area contributed by atoms with Gasteiger partial charge in [0.25, 0.3) is 0 Å². The Morgan fingerprint density at radius 1 is 1.45 bits per heavy atom. The smallest absolute Gasteiger partial charge is 0.236 e. The van der Waals surface area contributed by atoms with E-state index in [0.717, 1.165) is 24.3 Å². The highest BCUT2D eigenvalue weighted by Crippen LogP contribution is 2.25. The Bertz CT molecular complexity index is 449. The predicted molar refractivity (Wildman–Crippen MR) is 85.1 cm³/mol. The van der Waals surface area contributed by atoms with Gasteiger partial charge in [0.15, 0.2) is 0 Å². The number of hydrogen-bond donors (Lipinski definition) is 2. The lowest BCUT2D eigenvalue weighted by molar-refractivity contribution is -0.116. The second-order valence-electron chi connectivity index (χ2n) is 5.28. The number of hydrogen-bond acceptors (Lipinski definition) is 3. The van der Waals surface area contributed by atoms with Crippen molar-refractivity contribution in [3.63, 3.8) is 0 Å². The van der Waals surface area contributed by atoms with Crippen LogP contribution in [0.15, 0.2) is 18.2 Å². The highest BCUT2D eigenvalue weighted by molar-refractivity contribution is 6.30. The number of nitrogens with two attached hydrogens (primary N) is 1. The molecule has 0 fully saturated rings. The van der Waals surface area contributed by atoms with Crippen LogP contribution in [0.3, 0.4) is 0 Å². The number of benzene rings is 1. The molecular formula is C15H24ClN3O. The second kappa shape index (κ2) is 8.12. The Morgan fingerprint density at radius 2 is 2.15 bits per heavy atom. The minimum atomic E-state index is -0.340. The van der Waals surface area contributed by atoms with Crippen molar-refractivity contribution < 1.29 is 4.79 Å². The van der Waals surface area contributed by atoms with Crippen LogP contribution in [0.4, 0.5) is 5.69 Å². The van der Waals surface area contributed by atoms with Gasteiger partial charge in [-0.05, 0) is 37.1 Å². The van der Waals surface area contributed by atoms with E-state index in [9.17, 15) is 4.79 Å². The standard InChI is InChI=1S/C15H24ClN3O/c1-4-19(10-15(17)20)14-7-13(16)6-5-12(14)9-18-8-11(2)3/h5-7,11,18H,4,8-10H2,1-3H3,(H2,17,20). The first-order valence-electron chi connectivity index (χ1n) is 6.96. The van der Waals surface area contributed by atoms with Crippen LogP contribution in [-0.2, 0) is 11.3 Å². The fourth-order valence-electron chi connectivity index (χ4n) is 2.03. The molecule has 4 nitrogen and oxygen atoms in total. The van der Waals surface area contributed by atoms with Gasteiger partial charge < -0.3 is 16.0 Å². The molecule has 0 heterocycles. The van der Waals surface area contributed by atoms with Crippen LogP contribution in [-0.4, -0.2) is 25.5 Å². The molecule has 5 heteroatoms. The number of rotatable bonds is 8. The van der Waals surface area contributed by atoms with Gasteiger partial charge in [-0.25, -0.2) is 0 Å². The molecule has 0 aliphatic heterocycles. The summed E-state index contributed by atoms with van der Waals surface area (Å²) >= 11 is 6.08.